The SMILES string of the molecule is CCOP(C)(O)(OCC)SCCO. The van der Waals surface area contributed by atoms with E-state index in [9.17, 15) is 4.89 Å². The Kier molecular flexibility index (Phi) is 5.75. The van der Waals surface area contributed by atoms with Crippen molar-refractivity contribution in [1.82, 2.24) is 0 Å². The molecule has 0 unspecified atom stereocenters. The molecule has 0 aliphatic carbocycles. The third-order valence-electron chi connectivity index (χ3n) is 1.32. The molecule has 0 saturated heterocycles. The Hall–Kier alpha value is 0.620. The summed E-state index contributed by atoms with van der Waals surface area (Å²) in [4.78, 5) is 10.1. The second-order valence-corrected chi connectivity index (χ2v) is 9.48. The Balaban J connectivity index is 4.28. The first-order valence-electron chi connectivity index (χ1n) is 4.29. The zero-order valence-electron chi connectivity index (χ0n) is 8.39. The van der Waals surface area contributed by atoms with Gasteiger partial charge in [-0.15, -0.1) is 0 Å². The van der Waals surface area contributed by atoms with Crippen molar-refractivity contribution >= 4 is 17.9 Å². The van der Waals surface area contributed by atoms with E-state index in [4.69, 9.17) is 14.2 Å². The van der Waals surface area contributed by atoms with E-state index in [1.807, 2.05) is 0 Å². The Bertz CT molecular complexity index is 143. The van der Waals surface area contributed by atoms with Gasteiger partial charge in [-0.25, -0.2) is 0 Å². The normalized spacial score (nSPS) is 15.3. The van der Waals surface area contributed by atoms with Gasteiger partial charge in [-0.1, -0.05) is 0 Å². The van der Waals surface area contributed by atoms with Crippen molar-refractivity contribution in [2.75, 3.05) is 32.2 Å². The summed E-state index contributed by atoms with van der Waals surface area (Å²) in [5.74, 6) is 0.421. The van der Waals surface area contributed by atoms with Crippen molar-refractivity contribution in [3.8, 4) is 0 Å². The van der Waals surface area contributed by atoms with Gasteiger partial charge in [0, 0.05) is 0 Å². The van der Waals surface area contributed by atoms with E-state index >= 15 is 0 Å². The number of hydrogen-bond acceptors (Lipinski definition) is 5. The molecule has 0 radical (unpaired) electrons. The van der Waals surface area contributed by atoms with Crippen LogP contribution in [0.4, 0.5) is 0 Å². The van der Waals surface area contributed by atoms with Crippen LogP contribution in [0.3, 0.4) is 0 Å². The summed E-state index contributed by atoms with van der Waals surface area (Å²) in [5, 5.41) is 8.66. The van der Waals surface area contributed by atoms with Crippen LogP contribution in [0.2, 0.25) is 0 Å². The molecule has 0 aromatic rings. The quantitative estimate of drug-likeness (QED) is 0.651. The Morgan fingerprint density at radius 3 is 2.00 bits per heavy atom. The minimum atomic E-state index is -3.48. The first kappa shape index (κ1) is 13.6. The summed E-state index contributed by atoms with van der Waals surface area (Å²) in [6.07, 6.45) is 0. The van der Waals surface area contributed by atoms with E-state index in [1.54, 1.807) is 20.5 Å². The molecule has 0 heterocycles. The monoisotopic (exact) mass is 230 g/mol. The number of rotatable bonds is 7. The van der Waals surface area contributed by atoms with E-state index in [1.165, 1.54) is 11.4 Å². The zero-order chi connectivity index (χ0) is 10.4. The van der Waals surface area contributed by atoms with Gasteiger partial charge >= 0.3 is 83.0 Å². The molecule has 0 aliphatic rings. The van der Waals surface area contributed by atoms with E-state index in [-0.39, 0.29) is 6.61 Å². The third-order valence-corrected chi connectivity index (χ3v) is 6.89. The molecule has 0 amide bonds. The van der Waals surface area contributed by atoms with Gasteiger partial charge in [0.1, 0.15) is 0 Å². The molecule has 4 nitrogen and oxygen atoms in total. The molecule has 0 fully saturated rings. The molecule has 0 saturated carbocycles. The van der Waals surface area contributed by atoms with Gasteiger partial charge in [-0.05, 0) is 0 Å². The second kappa shape index (κ2) is 5.49. The topological polar surface area (TPSA) is 58.9 Å². The summed E-state index contributed by atoms with van der Waals surface area (Å²) >= 11 is 1.17. The molecule has 13 heavy (non-hydrogen) atoms. The molecule has 0 rings (SSSR count). The molecule has 82 valence electrons. The summed E-state index contributed by atoms with van der Waals surface area (Å²) in [6, 6.07) is 0. The zero-order valence-corrected chi connectivity index (χ0v) is 10.1. The van der Waals surface area contributed by atoms with Crippen molar-refractivity contribution in [3.05, 3.63) is 0 Å². The van der Waals surface area contributed by atoms with Crippen molar-refractivity contribution in [2.45, 2.75) is 13.8 Å². The van der Waals surface area contributed by atoms with Crippen molar-refractivity contribution < 1.29 is 19.0 Å². The predicted octanol–water partition coefficient (Wildman–Crippen LogP) is 1.62. The molecule has 2 N–H and O–H groups in total. The molecule has 0 aromatic heterocycles. The average Bonchev–Trinajstić information content (AvgIpc) is 2.02. The number of hydrogen-bond donors (Lipinski definition) is 2. The van der Waals surface area contributed by atoms with Crippen LogP contribution in [-0.4, -0.2) is 42.2 Å². The first-order chi connectivity index (χ1) is 5.96. The average molecular weight is 230 g/mol. The molecule has 0 spiro atoms. The molecular weight excluding hydrogens is 211 g/mol. The van der Waals surface area contributed by atoms with Crippen molar-refractivity contribution in [2.24, 2.45) is 0 Å². The maximum absolute atomic E-state index is 10.1. The number of aliphatic hydroxyl groups is 1. The summed E-state index contributed by atoms with van der Waals surface area (Å²) in [6.45, 7) is 2.54. The Labute approximate surface area is 83.5 Å². The van der Waals surface area contributed by atoms with E-state index in [0.29, 0.717) is 19.0 Å². The molecule has 0 aromatic carbocycles. The van der Waals surface area contributed by atoms with Crippen molar-refractivity contribution in [1.29, 1.82) is 0 Å². The third kappa shape index (κ3) is 5.15. The fourth-order valence-electron chi connectivity index (χ4n) is 0.944. The fraction of sp³-hybridized carbons (Fsp3) is 1.00. The van der Waals surface area contributed by atoms with Crippen LogP contribution in [0.15, 0.2) is 0 Å². The fourth-order valence-corrected chi connectivity index (χ4v) is 5.40. The van der Waals surface area contributed by atoms with E-state index in [2.05, 4.69) is 0 Å². The van der Waals surface area contributed by atoms with E-state index in [0.717, 1.165) is 0 Å². The van der Waals surface area contributed by atoms with Crippen molar-refractivity contribution in [3.63, 3.8) is 0 Å². The minimum absolute atomic E-state index is 0.0110. The van der Waals surface area contributed by atoms with Gasteiger partial charge in [-0.2, -0.15) is 0 Å². The van der Waals surface area contributed by atoms with Gasteiger partial charge < -0.3 is 0 Å². The molecule has 6 heteroatoms. The van der Waals surface area contributed by atoms with E-state index < -0.39 is 6.49 Å². The molecule has 0 aliphatic heterocycles. The Morgan fingerprint density at radius 2 is 1.69 bits per heavy atom. The summed E-state index contributed by atoms with van der Waals surface area (Å²) in [7, 11) is 0. The molecular formula is C7H19O4PS. The van der Waals surface area contributed by atoms with Gasteiger partial charge in [0.25, 0.3) is 0 Å². The standard InChI is InChI=1S/C7H19O4PS/c1-4-10-12(3,9,11-5-2)13-7-6-8/h8-9H,4-7H2,1-3H3. The maximum atomic E-state index is 10.1. The van der Waals surface area contributed by atoms with Gasteiger partial charge in [0.15, 0.2) is 0 Å². The van der Waals surface area contributed by atoms with Crippen LogP contribution < -0.4 is 0 Å². The molecule has 0 atom stereocenters. The Morgan fingerprint density at radius 1 is 1.23 bits per heavy atom. The van der Waals surface area contributed by atoms with Gasteiger partial charge in [0.2, 0.25) is 0 Å². The molecule has 0 bridgehead atoms. The second-order valence-electron chi connectivity index (χ2n) is 2.61. The first-order valence-corrected chi connectivity index (χ1v) is 8.35. The number of aliphatic hydroxyl groups excluding tert-OH is 1. The predicted molar refractivity (Wildman–Crippen MR) is 57.9 cm³/mol. The summed E-state index contributed by atoms with van der Waals surface area (Å²) < 4.78 is 10.6. The van der Waals surface area contributed by atoms with Crippen LogP contribution in [0.25, 0.3) is 0 Å². The van der Waals surface area contributed by atoms with Crippen LogP contribution in [0.5, 0.6) is 0 Å². The van der Waals surface area contributed by atoms with Gasteiger partial charge in [-0.3, -0.25) is 0 Å². The van der Waals surface area contributed by atoms with Crippen LogP contribution in [-0.2, 0) is 9.05 Å². The van der Waals surface area contributed by atoms with Gasteiger partial charge in [0.05, 0.1) is 0 Å². The van der Waals surface area contributed by atoms with Crippen LogP contribution in [0.1, 0.15) is 13.8 Å². The summed E-state index contributed by atoms with van der Waals surface area (Å²) in [5.41, 5.74) is 0. The van der Waals surface area contributed by atoms with Crippen LogP contribution in [0, 0.1) is 0 Å². The van der Waals surface area contributed by atoms with Crippen LogP contribution >= 0.6 is 17.9 Å².